The molecule has 5 heteroatoms. The highest BCUT2D eigenvalue weighted by molar-refractivity contribution is 5.99. The second-order valence-corrected chi connectivity index (χ2v) is 4.83. The van der Waals surface area contributed by atoms with E-state index in [9.17, 15) is 9.59 Å². The predicted octanol–water partition coefficient (Wildman–Crippen LogP) is 2.37. The number of benzene rings is 2. The highest BCUT2D eigenvalue weighted by Crippen LogP contribution is 2.16. The number of amides is 2. The SMILES string of the molecule is COc1cccc(NC(=O)CNC(=O)c2cccc(C)c2)c1. The number of ether oxygens (including phenoxy) is 1. The maximum atomic E-state index is 11.9. The third kappa shape index (κ3) is 4.34. The number of nitrogens with one attached hydrogen (secondary N) is 2. The molecule has 2 rings (SSSR count). The Labute approximate surface area is 129 Å². The molecule has 0 aliphatic heterocycles. The first kappa shape index (κ1) is 15.6. The number of methoxy groups -OCH3 is 1. The molecule has 0 saturated heterocycles. The van der Waals surface area contributed by atoms with E-state index in [0.29, 0.717) is 17.0 Å². The van der Waals surface area contributed by atoms with Gasteiger partial charge in [-0.3, -0.25) is 9.59 Å². The summed E-state index contributed by atoms with van der Waals surface area (Å²) >= 11 is 0. The Morgan fingerprint density at radius 2 is 1.86 bits per heavy atom. The minimum Gasteiger partial charge on any atom is -0.497 e. The van der Waals surface area contributed by atoms with Crippen LogP contribution in [-0.4, -0.2) is 25.5 Å². The van der Waals surface area contributed by atoms with Crippen molar-refractivity contribution in [2.45, 2.75) is 6.92 Å². The maximum Gasteiger partial charge on any atom is 0.251 e. The average molecular weight is 298 g/mol. The maximum absolute atomic E-state index is 11.9. The van der Waals surface area contributed by atoms with E-state index in [2.05, 4.69) is 10.6 Å². The van der Waals surface area contributed by atoms with Crippen molar-refractivity contribution in [3.05, 3.63) is 59.7 Å². The predicted molar refractivity (Wildman–Crippen MR) is 85.1 cm³/mol. The van der Waals surface area contributed by atoms with Gasteiger partial charge in [-0.05, 0) is 31.2 Å². The van der Waals surface area contributed by atoms with Gasteiger partial charge in [0.1, 0.15) is 5.75 Å². The highest BCUT2D eigenvalue weighted by atomic mass is 16.5. The van der Waals surface area contributed by atoms with Crippen LogP contribution in [0.3, 0.4) is 0 Å². The van der Waals surface area contributed by atoms with E-state index in [1.165, 1.54) is 0 Å². The van der Waals surface area contributed by atoms with Gasteiger partial charge in [0.2, 0.25) is 5.91 Å². The molecular formula is C17H18N2O3. The summed E-state index contributed by atoms with van der Waals surface area (Å²) in [4.78, 5) is 23.8. The number of aryl methyl sites for hydroxylation is 1. The average Bonchev–Trinajstić information content (AvgIpc) is 2.52. The summed E-state index contributed by atoms with van der Waals surface area (Å²) < 4.78 is 5.08. The van der Waals surface area contributed by atoms with Crippen molar-refractivity contribution >= 4 is 17.5 Å². The molecule has 2 aromatic carbocycles. The number of anilines is 1. The third-order valence-electron chi connectivity index (χ3n) is 3.04. The van der Waals surface area contributed by atoms with E-state index in [0.717, 1.165) is 5.56 Å². The van der Waals surface area contributed by atoms with Gasteiger partial charge >= 0.3 is 0 Å². The first-order chi connectivity index (χ1) is 10.6. The fourth-order valence-electron chi connectivity index (χ4n) is 1.95. The lowest BCUT2D eigenvalue weighted by atomic mass is 10.1. The number of carbonyl (C=O) groups is 2. The third-order valence-corrected chi connectivity index (χ3v) is 3.04. The zero-order valence-corrected chi connectivity index (χ0v) is 12.6. The summed E-state index contributed by atoms with van der Waals surface area (Å²) in [7, 11) is 1.56. The molecule has 0 saturated carbocycles. The zero-order valence-electron chi connectivity index (χ0n) is 12.6. The van der Waals surface area contributed by atoms with Gasteiger partial charge in [0.05, 0.1) is 13.7 Å². The van der Waals surface area contributed by atoms with Gasteiger partial charge in [0.15, 0.2) is 0 Å². The molecule has 0 bridgehead atoms. The van der Waals surface area contributed by atoms with E-state index in [1.807, 2.05) is 13.0 Å². The molecule has 0 aliphatic rings. The quantitative estimate of drug-likeness (QED) is 0.890. The van der Waals surface area contributed by atoms with Gasteiger partial charge in [-0.25, -0.2) is 0 Å². The smallest absolute Gasteiger partial charge is 0.251 e. The summed E-state index contributed by atoms with van der Waals surface area (Å²) in [5.41, 5.74) is 2.15. The molecule has 0 aliphatic carbocycles. The summed E-state index contributed by atoms with van der Waals surface area (Å²) in [5, 5.41) is 5.29. The number of carbonyl (C=O) groups excluding carboxylic acids is 2. The van der Waals surface area contributed by atoms with Crippen LogP contribution in [0.1, 0.15) is 15.9 Å². The molecular weight excluding hydrogens is 280 g/mol. The molecule has 2 amide bonds. The minimum atomic E-state index is -0.297. The molecule has 0 heterocycles. The summed E-state index contributed by atoms with van der Waals surface area (Å²) in [6.07, 6.45) is 0. The standard InChI is InChI=1S/C17H18N2O3/c1-12-5-3-6-13(9-12)17(21)18-11-16(20)19-14-7-4-8-15(10-14)22-2/h3-10H,11H2,1-2H3,(H,18,21)(H,19,20). The van der Waals surface area contributed by atoms with Gasteiger partial charge < -0.3 is 15.4 Å². The molecule has 0 aromatic heterocycles. The first-order valence-electron chi connectivity index (χ1n) is 6.87. The van der Waals surface area contributed by atoms with Crippen molar-refractivity contribution < 1.29 is 14.3 Å². The van der Waals surface area contributed by atoms with Gasteiger partial charge in [0, 0.05) is 17.3 Å². The van der Waals surface area contributed by atoms with Crippen LogP contribution in [0.15, 0.2) is 48.5 Å². The lowest BCUT2D eigenvalue weighted by Crippen LogP contribution is -2.32. The molecule has 0 unspecified atom stereocenters. The van der Waals surface area contributed by atoms with Crippen LogP contribution in [0.5, 0.6) is 5.75 Å². The van der Waals surface area contributed by atoms with Crippen LogP contribution in [0.2, 0.25) is 0 Å². The number of rotatable bonds is 5. The van der Waals surface area contributed by atoms with E-state index < -0.39 is 0 Å². The number of hydrogen-bond donors (Lipinski definition) is 2. The Balaban J connectivity index is 1.88. The lowest BCUT2D eigenvalue weighted by Gasteiger charge is -2.08. The molecule has 0 spiro atoms. The van der Waals surface area contributed by atoms with Crippen LogP contribution in [-0.2, 0) is 4.79 Å². The normalized spacial score (nSPS) is 9.91. The zero-order chi connectivity index (χ0) is 15.9. The van der Waals surface area contributed by atoms with Crippen molar-refractivity contribution in [1.29, 1.82) is 0 Å². The molecule has 0 radical (unpaired) electrons. The molecule has 0 fully saturated rings. The van der Waals surface area contributed by atoms with Gasteiger partial charge in [-0.15, -0.1) is 0 Å². The Morgan fingerprint density at radius 1 is 1.09 bits per heavy atom. The summed E-state index contributed by atoms with van der Waals surface area (Å²) in [6.45, 7) is 1.82. The fraction of sp³-hybridized carbons (Fsp3) is 0.176. The topological polar surface area (TPSA) is 67.4 Å². The molecule has 2 aromatic rings. The van der Waals surface area contributed by atoms with Crippen molar-refractivity contribution in [3.63, 3.8) is 0 Å². The van der Waals surface area contributed by atoms with Crippen molar-refractivity contribution in [1.82, 2.24) is 5.32 Å². The second kappa shape index (κ2) is 7.26. The van der Waals surface area contributed by atoms with Gasteiger partial charge in [-0.1, -0.05) is 23.8 Å². The van der Waals surface area contributed by atoms with Gasteiger partial charge in [-0.2, -0.15) is 0 Å². The van der Waals surface area contributed by atoms with E-state index >= 15 is 0 Å². The van der Waals surface area contributed by atoms with Crippen molar-refractivity contribution in [3.8, 4) is 5.75 Å². The first-order valence-corrected chi connectivity index (χ1v) is 6.87. The molecule has 0 atom stereocenters. The van der Waals surface area contributed by atoms with E-state index in [4.69, 9.17) is 4.74 Å². The summed E-state index contributed by atoms with van der Waals surface area (Å²) in [6, 6.07) is 14.2. The molecule has 2 N–H and O–H groups in total. The van der Waals surface area contributed by atoms with Crippen molar-refractivity contribution in [2.24, 2.45) is 0 Å². The van der Waals surface area contributed by atoms with Gasteiger partial charge in [0.25, 0.3) is 5.91 Å². The Morgan fingerprint density at radius 3 is 2.59 bits per heavy atom. The van der Waals surface area contributed by atoms with E-state index in [1.54, 1.807) is 49.6 Å². The fourth-order valence-corrected chi connectivity index (χ4v) is 1.95. The van der Waals surface area contributed by atoms with E-state index in [-0.39, 0.29) is 18.4 Å². The van der Waals surface area contributed by atoms with Crippen LogP contribution >= 0.6 is 0 Å². The largest absolute Gasteiger partial charge is 0.497 e. The van der Waals surface area contributed by atoms with Crippen LogP contribution in [0.25, 0.3) is 0 Å². The molecule has 5 nitrogen and oxygen atoms in total. The molecule has 114 valence electrons. The van der Waals surface area contributed by atoms with Crippen LogP contribution < -0.4 is 15.4 Å². The second-order valence-electron chi connectivity index (χ2n) is 4.83. The molecule has 22 heavy (non-hydrogen) atoms. The summed E-state index contributed by atoms with van der Waals surface area (Å²) in [5.74, 6) is 0.0837. The number of hydrogen-bond acceptors (Lipinski definition) is 3. The lowest BCUT2D eigenvalue weighted by molar-refractivity contribution is -0.115. The Kier molecular flexibility index (Phi) is 5.14. The minimum absolute atomic E-state index is 0.0933. The highest BCUT2D eigenvalue weighted by Gasteiger charge is 2.08. The monoisotopic (exact) mass is 298 g/mol. The van der Waals surface area contributed by atoms with Crippen molar-refractivity contribution in [2.75, 3.05) is 19.0 Å². The Hall–Kier alpha value is -2.82. The van der Waals surface area contributed by atoms with Crippen LogP contribution in [0.4, 0.5) is 5.69 Å². The Bertz CT molecular complexity index is 683. The van der Waals surface area contributed by atoms with Crippen LogP contribution in [0, 0.1) is 6.92 Å².